The Morgan fingerprint density at radius 1 is 0.941 bits per heavy atom. The van der Waals surface area contributed by atoms with E-state index in [0.717, 1.165) is 0 Å². The van der Waals surface area contributed by atoms with Crippen LogP contribution in [0, 0.1) is 0 Å². The van der Waals surface area contributed by atoms with Crippen molar-refractivity contribution in [1.82, 2.24) is 0 Å². The molecule has 1 aromatic rings. The average molecular weight is 240 g/mol. The first-order chi connectivity index (χ1) is 7.63. The molecule has 3 N–H and O–H groups in total. The Bertz CT molecular complexity index is 365. The highest BCUT2D eigenvalue weighted by molar-refractivity contribution is 6.01. The van der Waals surface area contributed by atoms with Gasteiger partial charge in [-0.15, -0.1) is 0 Å². The van der Waals surface area contributed by atoms with Crippen molar-refractivity contribution < 1.29 is 24.9 Å². The Hall–Kier alpha value is -1.88. The van der Waals surface area contributed by atoms with E-state index < -0.39 is 17.5 Å². The second-order valence-corrected chi connectivity index (χ2v) is 4.33. The molecule has 0 saturated heterocycles. The van der Waals surface area contributed by atoms with E-state index in [1.807, 2.05) is 0 Å². The van der Waals surface area contributed by atoms with Crippen LogP contribution in [-0.4, -0.2) is 32.9 Å². The van der Waals surface area contributed by atoms with Crippen LogP contribution in [0.1, 0.15) is 41.5 Å². The lowest BCUT2D eigenvalue weighted by atomic mass is 10.1. The highest BCUT2D eigenvalue weighted by atomic mass is 16.4. The molecular formula is C12H16O5. The van der Waals surface area contributed by atoms with E-state index in [1.165, 1.54) is 24.3 Å². The normalized spacial score (nSPS) is 10.1. The van der Waals surface area contributed by atoms with E-state index in [2.05, 4.69) is 0 Å². The summed E-state index contributed by atoms with van der Waals surface area (Å²) in [5.74, 6) is -2.46. The lowest BCUT2D eigenvalue weighted by molar-refractivity contribution is 0.0651. The van der Waals surface area contributed by atoms with Crippen molar-refractivity contribution in [3.8, 4) is 0 Å². The summed E-state index contributed by atoms with van der Waals surface area (Å²) >= 11 is 0. The third-order valence-electron chi connectivity index (χ3n) is 1.39. The summed E-state index contributed by atoms with van der Waals surface area (Å²) in [6.45, 7) is 5.23. The van der Waals surface area contributed by atoms with Crippen LogP contribution in [0.15, 0.2) is 24.3 Å². The number of rotatable bonds is 2. The van der Waals surface area contributed by atoms with Crippen LogP contribution < -0.4 is 0 Å². The summed E-state index contributed by atoms with van der Waals surface area (Å²) in [4.78, 5) is 20.9. The summed E-state index contributed by atoms with van der Waals surface area (Å²) in [5, 5.41) is 25.6. The molecule has 17 heavy (non-hydrogen) atoms. The molecule has 5 nitrogen and oxygen atoms in total. The summed E-state index contributed by atoms with van der Waals surface area (Å²) in [5.41, 5.74) is -0.880. The fourth-order valence-corrected chi connectivity index (χ4v) is 0.856. The molecule has 0 heterocycles. The monoisotopic (exact) mass is 240 g/mol. The zero-order valence-electron chi connectivity index (χ0n) is 9.97. The molecule has 0 atom stereocenters. The second-order valence-electron chi connectivity index (χ2n) is 4.33. The molecule has 0 aliphatic carbocycles. The van der Waals surface area contributed by atoms with Gasteiger partial charge in [-0.05, 0) is 32.9 Å². The van der Waals surface area contributed by atoms with Gasteiger partial charge in [0.15, 0.2) is 0 Å². The molecule has 0 bridgehead atoms. The van der Waals surface area contributed by atoms with E-state index >= 15 is 0 Å². The van der Waals surface area contributed by atoms with Gasteiger partial charge in [0.1, 0.15) is 0 Å². The minimum absolute atomic E-state index is 0.190. The third kappa shape index (κ3) is 7.08. The maximum Gasteiger partial charge on any atom is 0.336 e. The quantitative estimate of drug-likeness (QED) is 0.733. The number of aliphatic hydroxyl groups is 1. The van der Waals surface area contributed by atoms with E-state index in [1.54, 1.807) is 20.8 Å². The van der Waals surface area contributed by atoms with E-state index in [9.17, 15) is 9.59 Å². The van der Waals surface area contributed by atoms with Crippen LogP contribution in [-0.2, 0) is 0 Å². The standard InChI is InChI=1S/C8H6O4.C4H10O/c9-7(10)5-3-1-2-4-6(5)8(11)12;1-4(2,3)5/h1-4H,(H,9,10)(H,11,12);5H,1-3H3. The molecule has 0 amide bonds. The predicted octanol–water partition coefficient (Wildman–Crippen LogP) is 1.86. The minimum atomic E-state index is -1.23. The predicted molar refractivity (Wildman–Crippen MR) is 62.3 cm³/mol. The van der Waals surface area contributed by atoms with Gasteiger partial charge in [0, 0.05) is 0 Å². The molecule has 0 fully saturated rings. The first kappa shape index (κ1) is 15.1. The minimum Gasteiger partial charge on any atom is -0.478 e. The maximum atomic E-state index is 10.5. The van der Waals surface area contributed by atoms with Gasteiger partial charge in [-0.1, -0.05) is 12.1 Å². The SMILES string of the molecule is CC(C)(C)O.O=C(O)c1ccccc1C(=O)O. The Morgan fingerprint density at radius 3 is 1.35 bits per heavy atom. The Balaban J connectivity index is 0.000000437. The average Bonchev–Trinajstić information content (AvgIpc) is 2.15. The van der Waals surface area contributed by atoms with Crippen LogP contribution in [0.25, 0.3) is 0 Å². The maximum absolute atomic E-state index is 10.5. The number of hydrogen-bond donors (Lipinski definition) is 3. The number of carboxylic acids is 2. The van der Waals surface area contributed by atoms with Crippen molar-refractivity contribution in [3.63, 3.8) is 0 Å². The molecule has 0 saturated carbocycles. The molecule has 0 aliphatic rings. The van der Waals surface area contributed by atoms with Crippen molar-refractivity contribution in [1.29, 1.82) is 0 Å². The Labute approximate surface area is 99.3 Å². The first-order valence-corrected chi connectivity index (χ1v) is 4.91. The van der Waals surface area contributed by atoms with Gasteiger partial charge in [-0.2, -0.15) is 0 Å². The molecular weight excluding hydrogens is 224 g/mol. The lowest BCUT2D eigenvalue weighted by Crippen LogP contribution is -2.10. The van der Waals surface area contributed by atoms with Gasteiger partial charge in [0.25, 0.3) is 0 Å². The molecule has 1 rings (SSSR count). The molecule has 0 aromatic heterocycles. The van der Waals surface area contributed by atoms with E-state index in [-0.39, 0.29) is 11.1 Å². The van der Waals surface area contributed by atoms with Crippen LogP contribution in [0.3, 0.4) is 0 Å². The van der Waals surface area contributed by atoms with Crippen molar-refractivity contribution in [3.05, 3.63) is 35.4 Å². The van der Waals surface area contributed by atoms with Crippen LogP contribution in [0.2, 0.25) is 0 Å². The van der Waals surface area contributed by atoms with Crippen molar-refractivity contribution >= 4 is 11.9 Å². The fraction of sp³-hybridized carbons (Fsp3) is 0.333. The number of benzene rings is 1. The highest BCUT2D eigenvalue weighted by Gasteiger charge is 2.13. The van der Waals surface area contributed by atoms with Gasteiger partial charge in [-0.3, -0.25) is 0 Å². The van der Waals surface area contributed by atoms with Crippen molar-refractivity contribution in [2.75, 3.05) is 0 Å². The van der Waals surface area contributed by atoms with Crippen molar-refractivity contribution in [2.45, 2.75) is 26.4 Å². The van der Waals surface area contributed by atoms with E-state index in [0.29, 0.717) is 0 Å². The summed E-state index contributed by atoms with van der Waals surface area (Å²) in [6, 6.07) is 5.48. The Kier molecular flexibility index (Phi) is 5.34. The number of carbonyl (C=O) groups is 2. The van der Waals surface area contributed by atoms with Crippen molar-refractivity contribution in [2.24, 2.45) is 0 Å². The summed E-state index contributed by atoms with van der Waals surface area (Å²) in [6.07, 6.45) is 0. The van der Waals surface area contributed by atoms with Crippen LogP contribution in [0.5, 0.6) is 0 Å². The second kappa shape index (κ2) is 6.00. The summed E-state index contributed by atoms with van der Waals surface area (Å²) < 4.78 is 0. The molecule has 0 unspecified atom stereocenters. The van der Waals surface area contributed by atoms with E-state index in [4.69, 9.17) is 15.3 Å². The van der Waals surface area contributed by atoms with Gasteiger partial charge < -0.3 is 15.3 Å². The largest absolute Gasteiger partial charge is 0.478 e. The Morgan fingerprint density at radius 2 is 1.18 bits per heavy atom. The molecule has 1 aromatic carbocycles. The van der Waals surface area contributed by atoms with Crippen LogP contribution >= 0.6 is 0 Å². The first-order valence-electron chi connectivity index (χ1n) is 4.91. The van der Waals surface area contributed by atoms with Crippen LogP contribution in [0.4, 0.5) is 0 Å². The molecule has 0 spiro atoms. The zero-order valence-corrected chi connectivity index (χ0v) is 9.97. The fourth-order valence-electron chi connectivity index (χ4n) is 0.856. The third-order valence-corrected chi connectivity index (χ3v) is 1.39. The number of carboxylic acid groups (broad SMARTS) is 2. The number of aromatic carboxylic acids is 2. The number of hydrogen-bond acceptors (Lipinski definition) is 3. The lowest BCUT2D eigenvalue weighted by Gasteiger charge is -2.04. The van der Waals surface area contributed by atoms with Gasteiger partial charge in [0.05, 0.1) is 16.7 Å². The highest BCUT2D eigenvalue weighted by Crippen LogP contribution is 2.07. The summed E-state index contributed by atoms with van der Waals surface area (Å²) in [7, 11) is 0. The topological polar surface area (TPSA) is 94.8 Å². The molecule has 5 heteroatoms. The molecule has 94 valence electrons. The van der Waals surface area contributed by atoms with Gasteiger partial charge in [0.2, 0.25) is 0 Å². The molecule has 0 aliphatic heterocycles. The zero-order chi connectivity index (χ0) is 13.6. The smallest absolute Gasteiger partial charge is 0.336 e. The van der Waals surface area contributed by atoms with Gasteiger partial charge in [-0.25, -0.2) is 9.59 Å². The van der Waals surface area contributed by atoms with Gasteiger partial charge >= 0.3 is 11.9 Å². The molecule has 0 radical (unpaired) electrons.